The second kappa shape index (κ2) is 6.96. The van der Waals surface area contributed by atoms with Crippen LogP contribution in [0, 0.1) is 12.8 Å². The monoisotopic (exact) mass is 312 g/mol. The number of carbonyl (C=O) groups excluding carboxylic acids is 1. The molecule has 1 fully saturated rings. The van der Waals surface area contributed by atoms with Gasteiger partial charge in [-0.15, -0.1) is 11.3 Å². The lowest BCUT2D eigenvalue weighted by molar-refractivity contribution is -0.130. The fourth-order valence-corrected chi connectivity index (χ4v) is 3.94. The molecule has 112 valence electrons. The Morgan fingerprint density at radius 1 is 1.45 bits per heavy atom. The van der Waals surface area contributed by atoms with Gasteiger partial charge in [0.15, 0.2) is 0 Å². The number of aryl methyl sites for hydroxylation is 1. The zero-order valence-corrected chi connectivity index (χ0v) is 14.3. The molecular weight excluding hydrogens is 288 g/mol. The number of thiophene rings is 1. The molecule has 1 aromatic heterocycles. The lowest BCUT2D eigenvalue weighted by atomic mass is 10.1. The van der Waals surface area contributed by atoms with Crippen LogP contribution in [0.2, 0.25) is 0 Å². The second-order valence-corrected chi connectivity index (χ2v) is 7.92. The first-order chi connectivity index (χ1) is 9.54. The highest BCUT2D eigenvalue weighted by Gasteiger charge is 2.41. The van der Waals surface area contributed by atoms with Crippen LogP contribution in [0.4, 0.5) is 0 Å². The molecule has 20 heavy (non-hydrogen) atoms. The van der Waals surface area contributed by atoms with Crippen LogP contribution in [-0.2, 0) is 4.79 Å². The zero-order valence-electron chi connectivity index (χ0n) is 12.7. The normalized spacial score (nSPS) is 23.1. The van der Waals surface area contributed by atoms with Crippen molar-refractivity contribution in [2.75, 3.05) is 18.6 Å². The Hall–Kier alpha value is -0.520. The summed E-state index contributed by atoms with van der Waals surface area (Å²) in [6, 6.07) is 4.24. The van der Waals surface area contributed by atoms with Crippen molar-refractivity contribution in [2.45, 2.75) is 39.4 Å². The molecule has 2 heterocycles. The molecule has 0 aromatic carbocycles. The second-order valence-electron chi connectivity index (χ2n) is 5.62. The molecule has 5 heteroatoms. The largest absolute Gasteiger partial charge is 0.321 e. The third kappa shape index (κ3) is 3.38. The maximum atomic E-state index is 12.6. The molecule has 1 amide bonds. The number of carbonyl (C=O) groups is 1. The SMILES string of the molecule is CSCCCN1C(=O)C(C(C)C)NC1c1ccc(C)s1. The molecule has 1 saturated heterocycles. The van der Waals surface area contributed by atoms with E-state index in [9.17, 15) is 4.79 Å². The minimum Gasteiger partial charge on any atom is -0.321 e. The Morgan fingerprint density at radius 3 is 2.75 bits per heavy atom. The number of nitrogens with zero attached hydrogens (tertiary/aromatic N) is 1. The summed E-state index contributed by atoms with van der Waals surface area (Å²) < 4.78 is 0. The fourth-order valence-electron chi connectivity index (χ4n) is 2.57. The summed E-state index contributed by atoms with van der Waals surface area (Å²) in [4.78, 5) is 17.2. The van der Waals surface area contributed by atoms with Crippen LogP contribution in [0.3, 0.4) is 0 Å². The number of amides is 1. The molecule has 3 nitrogen and oxygen atoms in total. The van der Waals surface area contributed by atoms with E-state index in [1.807, 2.05) is 16.7 Å². The van der Waals surface area contributed by atoms with Gasteiger partial charge in [-0.1, -0.05) is 13.8 Å². The summed E-state index contributed by atoms with van der Waals surface area (Å²) in [5.41, 5.74) is 0. The zero-order chi connectivity index (χ0) is 14.7. The van der Waals surface area contributed by atoms with E-state index in [-0.39, 0.29) is 18.1 Å². The maximum absolute atomic E-state index is 12.6. The summed E-state index contributed by atoms with van der Waals surface area (Å²) in [6.45, 7) is 7.18. The summed E-state index contributed by atoms with van der Waals surface area (Å²) in [6.07, 6.45) is 3.23. The summed E-state index contributed by atoms with van der Waals surface area (Å²) in [5, 5.41) is 3.53. The lowest BCUT2D eigenvalue weighted by Crippen LogP contribution is -2.35. The highest BCUT2D eigenvalue weighted by molar-refractivity contribution is 7.98. The molecule has 1 aliphatic rings. The van der Waals surface area contributed by atoms with Crippen LogP contribution in [0.1, 0.15) is 36.2 Å². The lowest BCUT2D eigenvalue weighted by Gasteiger charge is -2.23. The highest BCUT2D eigenvalue weighted by Crippen LogP contribution is 2.32. The van der Waals surface area contributed by atoms with Crippen LogP contribution in [0.5, 0.6) is 0 Å². The van der Waals surface area contributed by atoms with Gasteiger partial charge in [-0.05, 0) is 43.4 Å². The van der Waals surface area contributed by atoms with Crippen molar-refractivity contribution in [3.8, 4) is 0 Å². The van der Waals surface area contributed by atoms with Crippen molar-refractivity contribution in [1.82, 2.24) is 10.2 Å². The van der Waals surface area contributed by atoms with Gasteiger partial charge in [0.2, 0.25) is 5.91 Å². The van der Waals surface area contributed by atoms with Crippen molar-refractivity contribution in [3.05, 3.63) is 21.9 Å². The molecule has 1 aromatic rings. The molecule has 0 bridgehead atoms. The Balaban J connectivity index is 2.15. The number of thioether (sulfide) groups is 1. The smallest absolute Gasteiger partial charge is 0.241 e. The van der Waals surface area contributed by atoms with Gasteiger partial charge in [0.1, 0.15) is 6.17 Å². The Morgan fingerprint density at radius 2 is 2.20 bits per heavy atom. The van der Waals surface area contributed by atoms with Crippen molar-refractivity contribution in [3.63, 3.8) is 0 Å². The van der Waals surface area contributed by atoms with E-state index in [1.54, 1.807) is 11.3 Å². The number of rotatable bonds is 6. The predicted octanol–water partition coefficient (Wildman–Crippen LogP) is 3.26. The molecule has 0 spiro atoms. The molecule has 2 unspecified atom stereocenters. The third-order valence-electron chi connectivity index (χ3n) is 3.64. The average Bonchev–Trinajstić information content (AvgIpc) is 2.95. The quantitative estimate of drug-likeness (QED) is 0.818. The molecule has 2 rings (SSSR count). The summed E-state index contributed by atoms with van der Waals surface area (Å²) in [7, 11) is 0. The van der Waals surface area contributed by atoms with E-state index in [1.165, 1.54) is 9.75 Å². The molecular formula is C15H24N2OS2. The van der Waals surface area contributed by atoms with E-state index in [2.05, 4.69) is 44.5 Å². The first-order valence-corrected chi connectivity index (χ1v) is 9.37. The number of hydrogen-bond donors (Lipinski definition) is 1. The highest BCUT2D eigenvalue weighted by atomic mass is 32.2. The third-order valence-corrected chi connectivity index (χ3v) is 5.39. The average molecular weight is 313 g/mol. The van der Waals surface area contributed by atoms with E-state index >= 15 is 0 Å². The van der Waals surface area contributed by atoms with Crippen LogP contribution in [0.15, 0.2) is 12.1 Å². The molecule has 2 atom stereocenters. The van der Waals surface area contributed by atoms with Gasteiger partial charge in [0.05, 0.1) is 6.04 Å². The molecule has 1 aliphatic heterocycles. The van der Waals surface area contributed by atoms with Crippen molar-refractivity contribution >= 4 is 29.0 Å². The van der Waals surface area contributed by atoms with Crippen molar-refractivity contribution in [2.24, 2.45) is 5.92 Å². The van der Waals surface area contributed by atoms with Crippen LogP contribution in [-0.4, -0.2) is 35.4 Å². The number of hydrogen-bond acceptors (Lipinski definition) is 4. The van der Waals surface area contributed by atoms with E-state index in [0.29, 0.717) is 5.92 Å². The molecule has 0 aliphatic carbocycles. The van der Waals surface area contributed by atoms with Crippen LogP contribution >= 0.6 is 23.1 Å². The maximum Gasteiger partial charge on any atom is 0.241 e. The van der Waals surface area contributed by atoms with Crippen molar-refractivity contribution in [1.29, 1.82) is 0 Å². The van der Waals surface area contributed by atoms with Gasteiger partial charge in [0.25, 0.3) is 0 Å². The first-order valence-electron chi connectivity index (χ1n) is 7.16. The van der Waals surface area contributed by atoms with E-state index in [4.69, 9.17) is 0 Å². The van der Waals surface area contributed by atoms with E-state index in [0.717, 1.165) is 18.7 Å². The summed E-state index contributed by atoms with van der Waals surface area (Å²) in [5.74, 6) is 1.69. The molecule has 1 N–H and O–H groups in total. The van der Waals surface area contributed by atoms with Gasteiger partial charge in [-0.25, -0.2) is 0 Å². The van der Waals surface area contributed by atoms with Gasteiger partial charge >= 0.3 is 0 Å². The molecule has 0 saturated carbocycles. The molecule has 0 radical (unpaired) electrons. The Bertz CT molecular complexity index is 458. The minimum atomic E-state index is -0.0447. The summed E-state index contributed by atoms with van der Waals surface area (Å²) >= 11 is 3.62. The van der Waals surface area contributed by atoms with Crippen molar-refractivity contribution < 1.29 is 4.79 Å². The van der Waals surface area contributed by atoms with Crippen LogP contribution in [0.25, 0.3) is 0 Å². The van der Waals surface area contributed by atoms with E-state index < -0.39 is 0 Å². The van der Waals surface area contributed by atoms with Crippen LogP contribution < -0.4 is 5.32 Å². The van der Waals surface area contributed by atoms with Gasteiger partial charge in [-0.2, -0.15) is 11.8 Å². The number of nitrogens with one attached hydrogen (secondary N) is 1. The van der Waals surface area contributed by atoms with Gasteiger partial charge in [-0.3, -0.25) is 10.1 Å². The standard InChI is InChI=1S/C15H24N2OS2/c1-10(2)13-15(18)17(8-5-9-19-4)14(16-13)12-7-6-11(3)20-12/h6-7,10,13-14,16H,5,8-9H2,1-4H3. The predicted molar refractivity (Wildman–Crippen MR) is 88.3 cm³/mol. The van der Waals surface area contributed by atoms with Gasteiger partial charge in [0, 0.05) is 16.3 Å². The Kier molecular flexibility index (Phi) is 5.52. The van der Waals surface area contributed by atoms with Gasteiger partial charge < -0.3 is 4.90 Å². The Labute approximate surface area is 130 Å². The minimum absolute atomic E-state index is 0.0447. The first kappa shape index (κ1) is 15.9. The fraction of sp³-hybridized carbons (Fsp3) is 0.667. The topological polar surface area (TPSA) is 32.3 Å².